The molecule has 2 aromatic heterocycles. The molecule has 4 aromatic rings. The van der Waals surface area contributed by atoms with E-state index in [1.807, 2.05) is 33.2 Å². The van der Waals surface area contributed by atoms with E-state index < -0.39 is 9.84 Å². The van der Waals surface area contributed by atoms with Gasteiger partial charge in [0.15, 0.2) is 5.82 Å². The molecule has 2 heterocycles. The Morgan fingerprint density at radius 2 is 1.59 bits per heavy atom. The van der Waals surface area contributed by atoms with E-state index in [1.165, 1.54) is 4.68 Å². The number of sulfone groups is 1. The first-order valence-electron chi connectivity index (χ1n) is 10.8. The Bertz CT molecular complexity index is 1470. The average molecular weight is 478 g/mol. The van der Waals surface area contributed by atoms with Gasteiger partial charge in [0.05, 0.1) is 21.2 Å². The van der Waals surface area contributed by atoms with E-state index in [1.54, 1.807) is 67.8 Å². The molecule has 0 spiro atoms. The van der Waals surface area contributed by atoms with E-state index in [4.69, 9.17) is 0 Å². The summed E-state index contributed by atoms with van der Waals surface area (Å²) in [4.78, 5) is 19.3. The molecule has 34 heavy (non-hydrogen) atoms. The Balaban J connectivity index is 1.65. The predicted octanol–water partition coefficient (Wildman–Crippen LogP) is 3.26. The molecule has 2 atom stereocenters. The van der Waals surface area contributed by atoms with Gasteiger partial charge in [-0.1, -0.05) is 30.3 Å². The van der Waals surface area contributed by atoms with Crippen molar-refractivity contribution in [1.29, 1.82) is 0 Å². The van der Waals surface area contributed by atoms with Crippen molar-refractivity contribution in [3.05, 3.63) is 88.8 Å². The van der Waals surface area contributed by atoms with Crippen LogP contribution < -0.4 is 10.9 Å². The lowest BCUT2D eigenvalue weighted by Crippen LogP contribution is -2.35. The number of fused-ring (bicyclic) bond motifs is 1. The highest BCUT2D eigenvalue weighted by Crippen LogP contribution is 2.28. The number of aryl methyl sites for hydroxylation is 1. The van der Waals surface area contributed by atoms with Crippen LogP contribution in [0.2, 0.25) is 0 Å². The fourth-order valence-corrected chi connectivity index (χ4v) is 5.47. The molecule has 0 aliphatic rings. The van der Waals surface area contributed by atoms with E-state index in [0.29, 0.717) is 16.7 Å². The lowest BCUT2D eigenvalue weighted by Gasteiger charge is -2.31. The molecule has 8 nitrogen and oxygen atoms in total. The normalized spacial score (nSPS) is 13.7. The number of benzene rings is 2. The minimum atomic E-state index is -3.58. The summed E-state index contributed by atoms with van der Waals surface area (Å²) in [5, 5.41) is 8.29. The minimum Gasteiger partial charge on any atom is -0.362 e. The maximum atomic E-state index is 12.9. The van der Waals surface area contributed by atoms with Gasteiger partial charge in [-0.05, 0) is 63.0 Å². The zero-order chi connectivity index (χ0) is 24.5. The van der Waals surface area contributed by atoms with Gasteiger partial charge in [0.25, 0.3) is 5.56 Å². The number of hydrogen-bond acceptors (Lipinski definition) is 7. The van der Waals surface area contributed by atoms with Crippen molar-refractivity contribution in [3.63, 3.8) is 0 Å². The lowest BCUT2D eigenvalue weighted by atomic mass is 9.99. The molecule has 0 amide bonds. The third-order valence-corrected chi connectivity index (χ3v) is 7.57. The average Bonchev–Trinajstić information content (AvgIpc) is 2.83. The van der Waals surface area contributed by atoms with E-state index in [2.05, 4.69) is 20.3 Å². The maximum Gasteiger partial charge on any atom is 0.276 e. The number of anilines is 1. The molecule has 0 saturated carbocycles. The summed E-state index contributed by atoms with van der Waals surface area (Å²) in [7, 11) is 1.95. The highest BCUT2D eigenvalue weighted by atomic mass is 32.2. The van der Waals surface area contributed by atoms with Gasteiger partial charge in [-0.2, -0.15) is 5.10 Å². The molecule has 1 N–H and O–H groups in total. The second-order valence-electron chi connectivity index (χ2n) is 8.40. The van der Waals surface area contributed by atoms with Crippen molar-refractivity contribution in [2.75, 3.05) is 19.4 Å². The Morgan fingerprint density at radius 1 is 0.941 bits per heavy atom. The first-order valence-corrected chi connectivity index (χ1v) is 12.3. The molecule has 2 aromatic carbocycles. The summed E-state index contributed by atoms with van der Waals surface area (Å²) in [5.41, 5.74) is 1.25. The molecule has 0 aliphatic heterocycles. The SMILES string of the molecule is C[C@H](Nc1nn(C)c(=O)c2cccnc12)[C@H](c1ccc(S(=O)(=O)c2ccccc2)cc1)N(C)C. The van der Waals surface area contributed by atoms with E-state index >= 15 is 0 Å². The van der Waals surface area contributed by atoms with Gasteiger partial charge in [-0.3, -0.25) is 9.78 Å². The zero-order valence-electron chi connectivity index (χ0n) is 19.5. The Kier molecular flexibility index (Phi) is 6.49. The van der Waals surface area contributed by atoms with E-state index in [9.17, 15) is 13.2 Å². The van der Waals surface area contributed by atoms with E-state index in [-0.39, 0.29) is 27.4 Å². The van der Waals surface area contributed by atoms with Gasteiger partial charge in [0.1, 0.15) is 5.52 Å². The van der Waals surface area contributed by atoms with Gasteiger partial charge >= 0.3 is 0 Å². The molecule has 0 radical (unpaired) electrons. The summed E-state index contributed by atoms with van der Waals surface area (Å²) in [6.45, 7) is 2.01. The van der Waals surface area contributed by atoms with Gasteiger partial charge < -0.3 is 10.2 Å². The molecule has 176 valence electrons. The van der Waals surface area contributed by atoms with Crippen LogP contribution in [0.25, 0.3) is 10.9 Å². The fourth-order valence-electron chi connectivity index (χ4n) is 4.19. The number of hydrogen-bond donors (Lipinski definition) is 1. The van der Waals surface area contributed by atoms with Crippen LogP contribution in [0.1, 0.15) is 18.5 Å². The summed E-state index contributed by atoms with van der Waals surface area (Å²) in [6, 6.07) is 18.6. The van der Waals surface area contributed by atoms with Crippen LogP contribution >= 0.6 is 0 Å². The van der Waals surface area contributed by atoms with Gasteiger partial charge in [-0.15, -0.1) is 0 Å². The van der Waals surface area contributed by atoms with Crippen molar-refractivity contribution in [2.45, 2.75) is 28.8 Å². The first-order chi connectivity index (χ1) is 16.2. The van der Waals surface area contributed by atoms with Crippen molar-refractivity contribution >= 4 is 26.6 Å². The fraction of sp³-hybridized carbons (Fsp3) is 0.240. The van der Waals surface area contributed by atoms with Crippen LogP contribution in [0.3, 0.4) is 0 Å². The van der Waals surface area contributed by atoms with Crippen LogP contribution in [0.4, 0.5) is 5.82 Å². The molecular weight excluding hydrogens is 450 g/mol. The quantitative estimate of drug-likeness (QED) is 0.436. The number of rotatable bonds is 7. The van der Waals surface area contributed by atoms with Gasteiger partial charge in [0.2, 0.25) is 9.84 Å². The van der Waals surface area contributed by atoms with Crippen LogP contribution in [-0.2, 0) is 16.9 Å². The Labute approximate surface area is 198 Å². The third kappa shape index (κ3) is 4.44. The summed E-state index contributed by atoms with van der Waals surface area (Å²) >= 11 is 0. The second kappa shape index (κ2) is 9.36. The topological polar surface area (TPSA) is 97.2 Å². The maximum absolute atomic E-state index is 12.9. The van der Waals surface area contributed by atoms with Gasteiger partial charge in [-0.25, -0.2) is 13.1 Å². The van der Waals surface area contributed by atoms with Crippen molar-refractivity contribution in [1.82, 2.24) is 19.7 Å². The molecule has 0 saturated heterocycles. The highest BCUT2D eigenvalue weighted by molar-refractivity contribution is 7.91. The van der Waals surface area contributed by atoms with Crippen LogP contribution in [0, 0.1) is 0 Å². The van der Waals surface area contributed by atoms with Crippen molar-refractivity contribution in [3.8, 4) is 0 Å². The van der Waals surface area contributed by atoms with E-state index in [0.717, 1.165) is 5.56 Å². The molecule has 9 heteroatoms. The number of aromatic nitrogens is 3. The third-order valence-electron chi connectivity index (χ3n) is 5.79. The number of nitrogens with zero attached hydrogens (tertiary/aromatic N) is 4. The number of pyridine rings is 1. The molecular formula is C25H27N5O3S. The largest absolute Gasteiger partial charge is 0.362 e. The standard InChI is InChI=1S/C25H27N5O3S/c1-17(27-24-22-21(11-8-16-26-22)25(31)30(4)28-24)23(29(2)3)18-12-14-20(15-13-18)34(32,33)19-9-6-5-7-10-19/h5-17,23H,1-4H3,(H,27,28)/t17-,23+/m0/s1. The molecule has 0 bridgehead atoms. The number of nitrogens with one attached hydrogen (secondary N) is 1. The molecule has 0 aliphatic carbocycles. The summed E-state index contributed by atoms with van der Waals surface area (Å²) < 4.78 is 27.2. The second-order valence-corrected chi connectivity index (χ2v) is 10.4. The first kappa shape index (κ1) is 23.6. The molecule has 0 unspecified atom stereocenters. The van der Waals surface area contributed by atoms with Crippen molar-refractivity contribution in [2.24, 2.45) is 7.05 Å². The van der Waals surface area contributed by atoms with Crippen LogP contribution in [-0.4, -0.2) is 48.2 Å². The Hall–Kier alpha value is -3.56. The zero-order valence-corrected chi connectivity index (χ0v) is 20.3. The minimum absolute atomic E-state index is 0.105. The van der Waals surface area contributed by atoms with Gasteiger partial charge in [0, 0.05) is 19.3 Å². The monoisotopic (exact) mass is 477 g/mol. The summed E-state index contributed by atoms with van der Waals surface area (Å²) in [6.07, 6.45) is 1.63. The smallest absolute Gasteiger partial charge is 0.276 e. The lowest BCUT2D eigenvalue weighted by molar-refractivity contribution is 0.275. The van der Waals surface area contributed by atoms with Crippen LogP contribution in [0.5, 0.6) is 0 Å². The summed E-state index contributed by atoms with van der Waals surface area (Å²) in [5.74, 6) is 0.514. The predicted molar refractivity (Wildman–Crippen MR) is 133 cm³/mol. The Morgan fingerprint density at radius 3 is 2.24 bits per heavy atom. The number of likely N-dealkylation sites (N-methyl/N-ethyl adjacent to an activating group) is 1. The highest BCUT2D eigenvalue weighted by Gasteiger charge is 2.25. The van der Waals surface area contributed by atoms with Crippen LogP contribution in [0.15, 0.2) is 87.5 Å². The molecule has 0 fully saturated rings. The van der Waals surface area contributed by atoms with Crippen molar-refractivity contribution < 1.29 is 8.42 Å². The molecule has 4 rings (SSSR count).